The first-order valence-corrected chi connectivity index (χ1v) is 8.66. The average Bonchev–Trinajstić information content (AvgIpc) is 2.57. The third kappa shape index (κ3) is 5.40. The van der Waals surface area contributed by atoms with Crippen LogP contribution < -0.4 is 14.8 Å². The van der Waals surface area contributed by atoms with Gasteiger partial charge in [0, 0.05) is 0 Å². The van der Waals surface area contributed by atoms with Crippen molar-refractivity contribution in [3.63, 3.8) is 0 Å². The van der Waals surface area contributed by atoms with E-state index in [1.165, 1.54) is 0 Å². The maximum Gasteiger partial charge on any atom is 0.260 e. The third-order valence-corrected chi connectivity index (χ3v) is 4.24. The van der Waals surface area contributed by atoms with E-state index in [0.29, 0.717) is 23.9 Å². The minimum absolute atomic E-state index is 0.179. The van der Waals surface area contributed by atoms with E-state index in [2.05, 4.69) is 11.4 Å². The van der Waals surface area contributed by atoms with Crippen molar-refractivity contribution in [2.45, 2.75) is 33.8 Å². The van der Waals surface area contributed by atoms with Crippen molar-refractivity contribution in [3.05, 3.63) is 58.1 Å². The molecule has 0 heterocycles. The second-order valence-electron chi connectivity index (χ2n) is 6.03. The summed E-state index contributed by atoms with van der Waals surface area (Å²) in [5, 5.41) is 3.36. The molecule has 0 saturated carbocycles. The minimum Gasteiger partial charge on any atom is -0.490 e. The smallest absolute Gasteiger partial charge is 0.260 e. The van der Waals surface area contributed by atoms with Gasteiger partial charge in [0.25, 0.3) is 5.91 Å². The van der Waals surface area contributed by atoms with E-state index in [1.807, 2.05) is 39.0 Å². The molecule has 5 heteroatoms. The second-order valence-corrected chi connectivity index (χ2v) is 6.44. The van der Waals surface area contributed by atoms with Gasteiger partial charge < -0.3 is 14.8 Å². The van der Waals surface area contributed by atoms with Crippen LogP contribution >= 0.6 is 11.6 Å². The van der Waals surface area contributed by atoms with Gasteiger partial charge in [-0.3, -0.25) is 4.79 Å². The highest BCUT2D eigenvalue weighted by atomic mass is 35.5. The molecule has 2 aromatic carbocycles. The summed E-state index contributed by atoms with van der Waals surface area (Å²) in [7, 11) is 0. The van der Waals surface area contributed by atoms with E-state index in [4.69, 9.17) is 21.1 Å². The number of hydrogen-bond acceptors (Lipinski definition) is 3. The number of benzene rings is 2. The number of para-hydroxylation sites is 1. The van der Waals surface area contributed by atoms with E-state index in [1.54, 1.807) is 19.1 Å². The topological polar surface area (TPSA) is 47.6 Å². The average molecular weight is 362 g/mol. The first-order valence-electron chi connectivity index (χ1n) is 8.28. The van der Waals surface area contributed by atoms with Crippen LogP contribution in [0.1, 0.15) is 23.6 Å². The number of halogens is 1. The zero-order chi connectivity index (χ0) is 18.4. The molecule has 0 aliphatic carbocycles. The maximum atomic E-state index is 12.2. The Bertz CT molecular complexity index is 746. The summed E-state index contributed by atoms with van der Waals surface area (Å²) in [5.74, 6) is 1.17. The summed E-state index contributed by atoms with van der Waals surface area (Å²) in [6.07, 6.45) is -0.583. The highest BCUT2D eigenvalue weighted by Crippen LogP contribution is 2.24. The van der Waals surface area contributed by atoms with Crippen LogP contribution in [0.5, 0.6) is 11.5 Å². The van der Waals surface area contributed by atoms with Crippen LogP contribution in [0.3, 0.4) is 0 Å². The highest BCUT2D eigenvalue weighted by Gasteiger charge is 2.16. The molecule has 4 nitrogen and oxygen atoms in total. The van der Waals surface area contributed by atoms with Crippen molar-refractivity contribution < 1.29 is 14.3 Å². The predicted molar refractivity (Wildman–Crippen MR) is 101 cm³/mol. The molecule has 134 valence electrons. The van der Waals surface area contributed by atoms with Crippen molar-refractivity contribution in [2.75, 3.05) is 13.2 Å². The summed E-state index contributed by atoms with van der Waals surface area (Å²) in [6, 6.07) is 11.3. The van der Waals surface area contributed by atoms with E-state index in [-0.39, 0.29) is 5.91 Å². The molecule has 0 bridgehead atoms. The molecule has 1 atom stereocenters. The first-order chi connectivity index (χ1) is 11.9. The largest absolute Gasteiger partial charge is 0.490 e. The van der Waals surface area contributed by atoms with Crippen LogP contribution in [-0.2, 0) is 4.79 Å². The van der Waals surface area contributed by atoms with Crippen LogP contribution in [0.25, 0.3) is 0 Å². The molecule has 0 unspecified atom stereocenters. The fraction of sp³-hybridized carbons (Fsp3) is 0.350. The normalized spacial score (nSPS) is 11.7. The number of amides is 1. The molecule has 0 spiro atoms. The van der Waals surface area contributed by atoms with Crippen LogP contribution in [0.15, 0.2) is 36.4 Å². The summed E-state index contributed by atoms with van der Waals surface area (Å²) < 4.78 is 11.4. The summed E-state index contributed by atoms with van der Waals surface area (Å²) >= 11 is 6.01. The minimum atomic E-state index is -0.583. The van der Waals surface area contributed by atoms with Gasteiger partial charge in [0.1, 0.15) is 18.1 Å². The van der Waals surface area contributed by atoms with Crippen LogP contribution in [0, 0.1) is 20.8 Å². The lowest BCUT2D eigenvalue weighted by Gasteiger charge is -2.18. The second kappa shape index (κ2) is 8.77. The number of rotatable bonds is 7. The van der Waals surface area contributed by atoms with Gasteiger partial charge >= 0.3 is 0 Å². The molecular formula is C20H24ClNO3. The summed E-state index contributed by atoms with van der Waals surface area (Å²) in [6.45, 7) is 8.49. The Balaban J connectivity index is 1.82. The van der Waals surface area contributed by atoms with E-state index in [0.717, 1.165) is 22.4 Å². The lowest BCUT2D eigenvalue weighted by molar-refractivity contribution is -0.127. The molecule has 2 aromatic rings. The quantitative estimate of drug-likeness (QED) is 0.751. The van der Waals surface area contributed by atoms with E-state index >= 15 is 0 Å². The SMILES string of the molecule is Cc1cc(C)c(C)c(O[C@H](C)C(=O)NCCOc2ccccc2Cl)c1. The molecule has 2 rings (SSSR count). The Hall–Kier alpha value is -2.20. The van der Waals surface area contributed by atoms with Crippen molar-refractivity contribution in [1.29, 1.82) is 0 Å². The van der Waals surface area contributed by atoms with Crippen LogP contribution in [0.4, 0.5) is 0 Å². The molecule has 0 aromatic heterocycles. The molecule has 0 saturated heterocycles. The number of hydrogen-bond donors (Lipinski definition) is 1. The fourth-order valence-corrected chi connectivity index (χ4v) is 2.60. The number of carbonyl (C=O) groups excluding carboxylic acids is 1. The number of nitrogens with one attached hydrogen (secondary N) is 1. The van der Waals surface area contributed by atoms with Gasteiger partial charge in [0.05, 0.1) is 11.6 Å². The van der Waals surface area contributed by atoms with E-state index < -0.39 is 6.10 Å². The monoisotopic (exact) mass is 361 g/mol. The third-order valence-electron chi connectivity index (χ3n) is 3.93. The predicted octanol–water partition coefficient (Wildman–Crippen LogP) is 4.23. The van der Waals surface area contributed by atoms with Gasteiger partial charge in [-0.15, -0.1) is 0 Å². The van der Waals surface area contributed by atoms with Crippen LogP contribution in [-0.4, -0.2) is 25.2 Å². The molecule has 0 aliphatic rings. The Morgan fingerprint density at radius 3 is 2.60 bits per heavy atom. The molecular weight excluding hydrogens is 338 g/mol. The molecule has 1 N–H and O–H groups in total. The molecule has 25 heavy (non-hydrogen) atoms. The van der Waals surface area contributed by atoms with Gasteiger partial charge in [0.2, 0.25) is 0 Å². The van der Waals surface area contributed by atoms with Gasteiger partial charge in [-0.2, -0.15) is 0 Å². The maximum absolute atomic E-state index is 12.2. The fourth-order valence-electron chi connectivity index (χ4n) is 2.41. The van der Waals surface area contributed by atoms with Gasteiger partial charge in [0.15, 0.2) is 6.10 Å². The lowest BCUT2D eigenvalue weighted by atomic mass is 10.1. The summed E-state index contributed by atoms with van der Waals surface area (Å²) in [5.41, 5.74) is 3.31. The van der Waals surface area contributed by atoms with Crippen LogP contribution in [0.2, 0.25) is 5.02 Å². The molecule has 0 radical (unpaired) electrons. The van der Waals surface area contributed by atoms with Crippen molar-refractivity contribution in [1.82, 2.24) is 5.32 Å². The zero-order valence-electron chi connectivity index (χ0n) is 15.1. The van der Waals surface area contributed by atoms with E-state index in [9.17, 15) is 4.79 Å². The molecule has 1 amide bonds. The van der Waals surface area contributed by atoms with Crippen molar-refractivity contribution in [3.8, 4) is 11.5 Å². The Morgan fingerprint density at radius 1 is 1.16 bits per heavy atom. The van der Waals surface area contributed by atoms with Gasteiger partial charge in [-0.25, -0.2) is 0 Å². The summed E-state index contributed by atoms with van der Waals surface area (Å²) in [4.78, 5) is 12.2. The number of aryl methyl sites for hydroxylation is 2. The zero-order valence-corrected chi connectivity index (χ0v) is 15.8. The first kappa shape index (κ1) is 19.1. The lowest BCUT2D eigenvalue weighted by Crippen LogP contribution is -2.38. The Kier molecular flexibility index (Phi) is 6.71. The highest BCUT2D eigenvalue weighted by molar-refractivity contribution is 6.32. The Morgan fingerprint density at radius 2 is 1.88 bits per heavy atom. The Labute approximate surface area is 154 Å². The number of carbonyl (C=O) groups is 1. The standard InChI is InChI=1S/C20H24ClNO3/c1-13-11-14(2)15(3)19(12-13)25-16(4)20(23)22-9-10-24-18-8-6-5-7-17(18)21/h5-8,11-12,16H,9-10H2,1-4H3,(H,22,23)/t16-/m1/s1. The molecule has 0 fully saturated rings. The van der Waals surface area contributed by atoms with Crippen molar-refractivity contribution >= 4 is 17.5 Å². The van der Waals surface area contributed by atoms with Gasteiger partial charge in [-0.1, -0.05) is 29.8 Å². The number of ether oxygens (including phenoxy) is 2. The molecule has 0 aliphatic heterocycles. The van der Waals surface area contributed by atoms with Gasteiger partial charge in [-0.05, 0) is 62.6 Å². The van der Waals surface area contributed by atoms with Crippen molar-refractivity contribution in [2.24, 2.45) is 0 Å².